The monoisotopic (exact) mass is 264 g/mol. The zero-order valence-corrected chi connectivity index (χ0v) is 10.9. The van der Waals surface area contributed by atoms with Gasteiger partial charge in [0.2, 0.25) is 6.79 Å². The van der Waals surface area contributed by atoms with Crippen molar-refractivity contribution in [2.75, 3.05) is 18.7 Å². The van der Waals surface area contributed by atoms with Crippen molar-refractivity contribution < 1.29 is 19.1 Å². The molecule has 0 saturated carbocycles. The molecule has 0 saturated heterocycles. The Morgan fingerprint density at radius 2 is 1.95 bits per heavy atom. The Hall–Kier alpha value is -2.24. The topological polar surface area (TPSA) is 76.7 Å². The first-order valence-electron chi connectivity index (χ1n) is 6.05. The van der Waals surface area contributed by atoms with E-state index in [1.807, 2.05) is 13.8 Å². The molecular formula is C13H16N2O4. The van der Waals surface area contributed by atoms with Crippen LogP contribution in [0.5, 0.6) is 11.5 Å². The summed E-state index contributed by atoms with van der Waals surface area (Å²) >= 11 is 0. The molecular weight excluding hydrogens is 248 g/mol. The molecule has 0 fully saturated rings. The quantitative estimate of drug-likeness (QED) is 0.802. The van der Waals surface area contributed by atoms with Gasteiger partial charge in [-0.05, 0) is 18.1 Å². The van der Waals surface area contributed by atoms with Gasteiger partial charge in [0.1, 0.15) is 0 Å². The van der Waals surface area contributed by atoms with E-state index in [0.717, 1.165) is 0 Å². The number of carbonyl (C=O) groups is 2. The highest BCUT2D eigenvalue weighted by Crippen LogP contribution is 2.34. The lowest BCUT2D eigenvalue weighted by molar-refractivity contribution is -0.136. The van der Waals surface area contributed by atoms with Crippen molar-refractivity contribution in [3.05, 3.63) is 18.2 Å². The molecule has 1 heterocycles. The van der Waals surface area contributed by atoms with E-state index in [-0.39, 0.29) is 6.79 Å². The van der Waals surface area contributed by atoms with E-state index in [4.69, 9.17) is 9.47 Å². The van der Waals surface area contributed by atoms with Crippen LogP contribution in [-0.4, -0.2) is 25.2 Å². The molecule has 1 aromatic rings. The van der Waals surface area contributed by atoms with Crippen molar-refractivity contribution in [1.82, 2.24) is 5.32 Å². The van der Waals surface area contributed by atoms with Gasteiger partial charge < -0.3 is 20.1 Å². The zero-order valence-electron chi connectivity index (χ0n) is 10.9. The van der Waals surface area contributed by atoms with Crippen LogP contribution < -0.4 is 20.1 Å². The molecule has 102 valence electrons. The first-order chi connectivity index (χ1) is 9.06. The van der Waals surface area contributed by atoms with Crippen molar-refractivity contribution in [2.45, 2.75) is 13.8 Å². The number of nitrogens with one attached hydrogen (secondary N) is 2. The van der Waals surface area contributed by atoms with E-state index < -0.39 is 11.8 Å². The molecule has 1 aliphatic rings. The summed E-state index contributed by atoms with van der Waals surface area (Å²) in [6.45, 7) is 4.54. The summed E-state index contributed by atoms with van der Waals surface area (Å²) in [5.74, 6) is 0.135. The first kappa shape index (κ1) is 13.2. The molecule has 0 spiro atoms. The highest BCUT2D eigenvalue weighted by Gasteiger charge is 2.17. The smallest absolute Gasteiger partial charge is 0.313 e. The van der Waals surface area contributed by atoms with Gasteiger partial charge in [0.15, 0.2) is 11.5 Å². The minimum Gasteiger partial charge on any atom is -0.454 e. The molecule has 1 aliphatic heterocycles. The van der Waals surface area contributed by atoms with Crippen molar-refractivity contribution in [1.29, 1.82) is 0 Å². The third-order valence-electron chi connectivity index (χ3n) is 2.51. The largest absolute Gasteiger partial charge is 0.454 e. The van der Waals surface area contributed by atoms with E-state index in [2.05, 4.69) is 10.6 Å². The minimum absolute atomic E-state index is 0.168. The molecule has 0 aliphatic carbocycles. The van der Waals surface area contributed by atoms with Gasteiger partial charge in [-0.1, -0.05) is 13.8 Å². The predicted octanol–water partition coefficient (Wildman–Crippen LogP) is 1.13. The summed E-state index contributed by atoms with van der Waals surface area (Å²) in [6, 6.07) is 4.96. The number of anilines is 1. The van der Waals surface area contributed by atoms with Gasteiger partial charge in [0.25, 0.3) is 0 Å². The number of rotatable bonds is 3. The normalized spacial score (nSPS) is 12.4. The fourth-order valence-electron chi connectivity index (χ4n) is 1.54. The second kappa shape index (κ2) is 5.60. The van der Waals surface area contributed by atoms with Crippen molar-refractivity contribution >= 4 is 17.5 Å². The Balaban J connectivity index is 1.93. The highest BCUT2D eigenvalue weighted by atomic mass is 16.7. The molecule has 0 atom stereocenters. The SMILES string of the molecule is CC(C)CNC(=O)C(=O)Nc1ccc2c(c1)OCO2. The van der Waals surface area contributed by atoms with Crippen molar-refractivity contribution in [3.8, 4) is 11.5 Å². The molecule has 2 N–H and O–H groups in total. The summed E-state index contributed by atoms with van der Waals surface area (Å²) in [5.41, 5.74) is 0.494. The second-order valence-electron chi connectivity index (χ2n) is 4.63. The van der Waals surface area contributed by atoms with Gasteiger partial charge in [0, 0.05) is 18.3 Å². The average molecular weight is 264 g/mol. The molecule has 0 bridgehead atoms. The Morgan fingerprint density at radius 1 is 1.21 bits per heavy atom. The standard InChI is InChI=1S/C13H16N2O4/c1-8(2)6-14-12(16)13(17)15-9-3-4-10-11(5-9)19-7-18-10/h3-5,8H,6-7H2,1-2H3,(H,14,16)(H,15,17). The van der Waals surface area contributed by atoms with Crippen LogP contribution in [-0.2, 0) is 9.59 Å². The lowest BCUT2D eigenvalue weighted by Gasteiger charge is -2.08. The average Bonchev–Trinajstić information content (AvgIpc) is 2.83. The zero-order chi connectivity index (χ0) is 13.8. The van der Waals surface area contributed by atoms with Gasteiger partial charge in [-0.25, -0.2) is 0 Å². The molecule has 0 aromatic heterocycles. The highest BCUT2D eigenvalue weighted by molar-refractivity contribution is 6.39. The Morgan fingerprint density at radius 3 is 2.68 bits per heavy atom. The third-order valence-corrected chi connectivity index (χ3v) is 2.51. The van der Waals surface area contributed by atoms with Gasteiger partial charge in [-0.15, -0.1) is 0 Å². The van der Waals surface area contributed by atoms with Gasteiger partial charge >= 0.3 is 11.8 Å². The summed E-state index contributed by atoms with van der Waals surface area (Å²) in [6.07, 6.45) is 0. The van der Waals surface area contributed by atoms with Crippen LogP contribution in [0.25, 0.3) is 0 Å². The van der Waals surface area contributed by atoms with Crippen molar-refractivity contribution in [3.63, 3.8) is 0 Å². The molecule has 19 heavy (non-hydrogen) atoms. The molecule has 6 nitrogen and oxygen atoms in total. The van der Waals surface area contributed by atoms with Crippen LogP contribution in [0, 0.1) is 5.92 Å². The van der Waals surface area contributed by atoms with Crippen LogP contribution in [0.3, 0.4) is 0 Å². The fourth-order valence-corrected chi connectivity index (χ4v) is 1.54. The number of fused-ring (bicyclic) bond motifs is 1. The summed E-state index contributed by atoms with van der Waals surface area (Å²) in [4.78, 5) is 23.1. The van der Waals surface area contributed by atoms with E-state index in [0.29, 0.717) is 29.6 Å². The van der Waals surface area contributed by atoms with E-state index in [1.54, 1.807) is 18.2 Å². The maximum absolute atomic E-state index is 11.6. The molecule has 1 aromatic carbocycles. The minimum atomic E-state index is -0.695. The Kier molecular flexibility index (Phi) is 3.89. The van der Waals surface area contributed by atoms with Crippen molar-refractivity contribution in [2.24, 2.45) is 5.92 Å². The molecule has 2 amide bonds. The second-order valence-corrected chi connectivity index (χ2v) is 4.63. The Labute approximate surface area is 111 Å². The number of hydrogen-bond acceptors (Lipinski definition) is 4. The number of carbonyl (C=O) groups excluding carboxylic acids is 2. The third kappa shape index (κ3) is 3.37. The van der Waals surface area contributed by atoms with Crippen LogP contribution in [0.15, 0.2) is 18.2 Å². The van der Waals surface area contributed by atoms with Crippen LogP contribution in [0.4, 0.5) is 5.69 Å². The molecule has 2 rings (SSSR count). The summed E-state index contributed by atoms with van der Waals surface area (Å²) in [5, 5.41) is 5.06. The number of ether oxygens (including phenoxy) is 2. The maximum Gasteiger partial charge on any atom is 0.313 e. The lowest BCUT2D eigenvalue weighted by atomic mass is 10.2. The van der Waals surface area contributed by atoms with Crippen LogP contribution in [0.1, 0.15) is 13.8 Å². The lowest BCUT2D eigenvalue weighted by Crippen LogP contribution is -2.37. The molecule has 0 radical (unpaired) electrons. The van der Waals surface area contributed by atoms with Crippen LogP contribution in [0.2, 0.25) is 0 Å². The Bertz CT molecular complexity index is 499. The van der Waals surface area contributed by atoms with Gasteiger partial charge in [-0.3, -0.25) is 9.59 Å². The number of amides is 2. The predicted molar refractivity (Wildman–Crippen MR) is 69.0 cm³/mol. The summed E-state index contributed by atoms with van der Waals surface area (Å²) in [7, 11) is 0. The van der Waals surface area contributed by atoms with Gasteiger partial charge in [-0.2, -0.15) is 0 Å². The number of hydrogen-bond donors (Lipinski definition) is 2. The van der Waals surface area contributed by atoms with E-state index in [1.165, 1.54) is 0 Å². The first-order valence-corrected chi connectivity index (χ1v) is 6.05. The van der Waals surface area contributed by atoms with Crippen LogP contribution >= 0.6 is 0 Å². The van der Waals surface area contributed by atoms with E-state index >= 15 is 0 Å². The fraction of sp³-hybridized carbons (Fsp3) is 0.385. The maximum atomic E-state index is 11.6. The summed E-state index contributed by atoms with van der Waals surface area (Å²) < 4.78 is 10.3. The molecule has 0 unspecified atom stereocenters. The van der Waals surface area contributed by atoms with Gasteiger partial charge in [0.05, 0.1) is 0 Å². The molecule has 6 heteroatoms. The van der Waals surface area contributed by atoms with E-state index in [9.17, 15) is 9.59 Å². The number of benzene rings is 1.